The number of sulfonamides is 1. The highest BCUT2D eigenvalue weighted by molar-refractivity contribution is 7.89. The number of fused-ring (bicyclic) bond motifs is 3. The van der Waals surface area contributed by atoms with E-state index in [2.05, 4.69) is 4.98 Å². The van der Waals surface area contributed by atoms with Crippen LogP contribution in [-0.4, -0.2) is 43.4 Å². The Kier molecular flexibility index (Phi) is 4.24. The van der Waals surface area contributed by atoms with Crippen molar-refractivity contribution in [2.24, 2.45) is 0 Å². The molecule has 1 aliphatic rings. The summed E-state index contributed by atoms with van der Waals surface area (Å²) in [6, 6.07) is 10.8. The van der Waals surface area contributed by atoms with Gasteiger partial charge < -0.3 is 9.72 Å². The summed E-state index contributed by atoms with van der Waals surface area (Å²) in [6.07, 6.45) is 1.04. The fourth-order valence-corrected chi connectivity index (χ4v) is 5.33. The summed E-state index contributed by atoms with van der Waals surface area (Å²) in [5, 5.41) is 1.81. The van der Waals surface area contributed by atoms with Crippen molar-refractivity contribution in [3.8, 4) is 0 Å². The highest BCUT2D eigenvalue weighted by atomic mass is 32.2. The number of rotatable bonds is 3. The standard InChI is InChI=1S/C19H18N2O5S/c1-26-19(23)17-7-4-10-21(17)27(24,25)12-8-9-16-15(11-12)13-5-2-3-6-14(13)18(22)20-16/h2-3,5-6,8-9,11,17H,4,7,10H2,1H3,(H,20,22). The molecule has 1 fully saturated rings. The maximum Gasteiger partial charge on any atom is 0.324 e. The monoisotopic (exact) mass is 386 g/mol. The number of benzene rings is 2. The number of hydrogen-bond donors (Lipinski definition) is 1. The predicted molar refractivity (Wildman–Crippen MR) is 101 cm³/mol. The third-order valence-electron chi connectivity index (χ3n) is 4.98. The molecule has 0 amide bonds. The van der Waals surface area contributed by atoms with Crippen molar-refractivity contribution < 1.29 is 17.9 Å². The largest absolute Gasteiger partial charge is 0.468 e. The number of nitrogens with zero attached hydrogens (tertiary/aromatic N) is 1. The third kappa shape index (κ3) is 2.81. The fourth-order valence-electron chi connectivity index (χ4n) is 3.66. The first kappa shape index (κ1) is 17.7. The van der Waals surface area contributed by atoms with E-state index in [0.717, 1.165) is 0 Å². The summed E-state index contributed by atoms with van der Waals surface area (Å²) in [6.45, 7) is 0.270. The van der Waals surface area contributed by atoms with Crippen LogP contribution in [-0.2, 0) is 19.6 Å². The zero-order valence-corrected chi connectivity index (χ0v) is 15.5. The number of H-pyrrole nitrogens is 1. The topological polar surface area (TPSA) is 96.5 Å². The smallest absolute Gasteiger partial charge is 0.324 e. The van der Waals surface area contributed by atoms with Crippen LogP contribution in [0, 0.1) is 0 Å². The molecule has 2 heterocycles. The molecular weight excluding hydrogens is 368 g/mol. The van der Waals surface area contributed by atoms with Crippen molar-refractivity contribution in [2.75, 3.05) is 13.7 Å². The van der Waals surface area contributed by atoms with Gasteiger partial charge in [0.25, 0.3) is 5.56 Å². The maximum absolute atomic E-state index is 13.2. The summed E-state index contributed by atoms with van der Waals surface area (Å²) in [5.41, 5.74) is 0.336. The van der Waals surface area contributed by atoms with Crippen LogP contribution < -0.4 is 5.56 Å². The Morgan fingerprint density at radius 2 is 1.89 bits per heavy atom. The van der Waals surface area contributed by atoms with Gasteiger partial charge in [0.1, 0.15) is 6.04 Å². The number of nitrogens with one attached hydrogen (secondary N) is 1. The van der Waals surface area contributed by atoms with Crippen molar-refractivity contribution in [2.45, 2.75) is 23.8 Å². The Balaban J connectivity index is 1.89. The molecule has 7 nitrogen and oxygen atoms in total. The lowest BCUT2D eigenvalue weighted by Gasteiger charge is -2.22. The second kappa shape index (κ2) is 6.47. The Hall–Kier alpha value is -2.71. The number of pyridine rings is 1. The minimum atomic E-state index is -3.87. The lowest BCUT2D eigenvalue weighted by molar-refractivity contribution is -0.144. The molecule has 0 saturated carbocycles. The van der Waals surface area contributed by atoms with Crippen molar-refractivity contribution >= 4 is 37.7 Å². The van der Waals surface area contributed by atoms with Crippen LogP contribution in [0.25, 0.3) is 21.7 Å². The van der Waals surface area contributed by atoms with Crippen molar-refractivity contribution in [3.05, 3.63) is 52.8 Å². The first-order chi connectivity index (χ1) is 12.9. The first-order valence-electron chi connectivity index (χ1n) is 8.58. The summed E-state index contributed by atoms with van der Waals surface area (Å²) < 4.78 is 32.3. The molecule has 0 aliphatic carbocycles. The fraction of sp³-hybridized carbons (Fsp3) is 0.263. The first-order valence-corrected chi connectivity index (χ1v) is 10.0. The van der Waals surface area contributed by atoms with Gasteiger partial charge in [0.05, 0.1) is 12.0 Å². The minimum absolute atomic E-state index is 0.0861. The normalized spacial score (nSPS) is 18.2. The van der Waals surface area contributed by atoms with E-state index in [0.29, 0.717) is 34.5 Å². The van der Waals surface area contributed by atoms with Crippen LogP contribution in [0.3, 0.4) is 0 Å². The van der Waals surface area contributed by atoms with E-state index in [-0.39, 0.29) is 17.0 Å². The molecule has 0 radical (unpaired) electrons. The number of aromatic amines is 1. The van der Waals surface area contributed by atoms with Crippen molar-refractivity contribution in [1.82, 2.24) is 9.29 Å². The van der Waals surface area contributed by atoms with E-state index in [4.69, 9.17) is 4.74 Å². The van der Waals surface area contributed by atoms with E-state index in [9.17, 15) is 18.0 Å². The Morgan fingerprint density at radius 1 is 1.15 bits per heavy atom. The maximum atomic E-state index is 13.2. The molecule has 0 bridgehead atoms. The predicted octanol–water partition coefficient (Wildman–Crippen LogP) is 2.01. The van der Waals surface area contributed by atoms with Crippen LogP contribution >= 0.6 is 0 Å². The number of aromatic nitrogens is 1. The number of hydrogen-bond acceptors (Lipinski definition) is 5. The van der Waals surface area contributed by atoms with Gasteiger partial charge in [0.15, 0.2) is 0 Å². The van der Waals surface area contributed by atoms with Gasteiger partial charge in [0, 0.05) is 22.8 Å². The molecule has 1 saturated heterocycles. The molecule has 3 aromatic rings. The molecular formula is C19H18N2O5S. The van der Waals surface area contributed by atoms with Gasteiger partial charge in [0.2, 0.25) is 10.0 Å². The number of esters is 1. The molecule has 1 atom stereocenters. The number of carbonyl (C=O) groups excluding carboxylic acids is 1. The highest BCUT2D eigenvalue weighted by Gasteiger charge is 2.40. The van der Waals surface area contributed by atoms with Crippen molar-refractivity contribution in [1.29, 1.82) is 0 Å². The lowest BCUT2D eigenvalue weighted by atomic mass is 10.1. The number of ether oxygens (including phenoxy) is 1. The van der Waals surface area contributed by atoms with Crippen LogP contribution in [0.2, 0.25) is 0 Å². The number of methoxy groups -OCH3 is 1. The van der Waals surface area contributed by atoms with Crippen LogP contribution in [0.1, 0.15) is 12.8 Å². The van der Waals surface area contributed by atoms with Crippen LogP contribution in [0.15, 0.2) is 52.2 Å². The summed E-state index contributed by atoms with van der Waals surface area (Å²) in [5.74, 6) is -0.549. The quantitative estimate of drug-likeness (QED) is 0.549. The summed E-state index contributed by atoms with van der Waals surface area (Å²) >= 11 is 0. The Morgan fingerprint density at radius 3 is 2.63 bits per heavy atom. The molecule has 27 heavy (non-hydrogen) atoms. The van der Waals surface area contributed by atoms with E-state index in [1.807, 2.05) is 0 Å². The Bertz CT molecular complexity index is 1220. The van der Waals surface area contributed by atoms with Gasteiger partial charge in [-0.2, -0.15) is 4.31 Å². The Labute approximate surface area is 155 Å². The molecule has 8 heteroatoms. The third-order valence-corrected chi connectivity index (χ3v) is 6.89. The zero-order valence-electron chi connectivity index (χ0n) is 14.6. The van der Waals surface area contributed by atoms with E-state index in [1.54, 1.807) is 36.4 Å². The second-order valence-corrected chi connectivity index (χ2v) is 8.39. The van der Waals surface area contributed by atoms with Gasteiger partial charge >= 0.3 is 5.97 Å². The molecule has 1 aromatic heterocycles. The van der Waals surface area contributed by atoms with Gasteiger partial charge in [-0.1, -0.05) is 18.2 Å². The molecule has 0 spiro atoms. The van der Waals surface area contributed by atoms with Gasteiger partial charge in [-0.25, -0.2) is 8.42 Å². The second-order valence-electron chi connectivity index (χ2n) is 6.50. The van der Waals surface area contributed by atoms with Gasteiger partial charge in [-0.05, 0) is 42.5 Å². The molecule has 4 rings (SSSR count). The molecule has 1 unspecified atom stereocenters. The molecule has 140 valence electrons. The minimum Gasteiger partial charge on any atom is -0.468 e. The van der Waals surface area contributed by atoms with Crippen LogP contribution in [0.4, 0.5) is 0 Å². The molecule has 1 aliphatic heterocycles. The highest BCUT2D eigenvalue weighted by Crippen LogP contribution is 2.30. The molecule has 2 aromatic carbocycles. The number of carbonyl (C=O) groups is 1. The van der Waals surface area contributed by atoms with E-state index in [1.165, 1.54) is 17.5 Å². The van der Waals surface area contributed by atoms with E-state index < -0.39 is 22.0 Å². The lowest BCUT2D eigenvalue weighted by Crippen LogP contribution is -2.41. The average molecular weight is 386 g/mol. The average Bonchev–Trinajstić information content (AvgIpc) is 3.18. The van der Waals surface area contributed by atoms with Gasteiger partial charge in [-0.15, -0.1) is 0 Å². The molecule has 1 N–H and O–H groups in total. The van der Waals surface area contributed by atoms with Crippen molar-refractivity contribution in [3.63, 3.8) is 0 Å². The van der Waals surface area contributed by atoms with E-state index >= 15 is 0 Å². The van der Waals surface area contributed by atoms with Gasteiger partial charge in [-0.3, -0.25) is 9.59 Å². The summed E-state index contributed by atoms with van der Waals surface area (Å²) in [4.78, 5) is 27.0. The summed E-state index contributed by atoms with van der Waals surface area (Å²) in [7, 11) is -2.62. The van der Waals surface area contributed by atoms with Crippen LogP contribution in [0.5, 0.6) is 0 Å². The zero-order chi connectivity index (χ0) is 19.2. The SMILES string of the molecule is COC(=O)C1CCCN1S(=O)(=O)c1ccc2[nH]c(=O)c3ccccc3c2c1.